The maximum absolute atomic E-state index is 13.1. The van der Waals surface area contributed by atoms with Crippen LogP contribution in [0.5, 0.6) is 5.75 Å². The molecule has 2 rings (SSSR count). The molecule has 0 heterocycles. The fourth-order valence-electron chi connectivity index (χ4n) is 1.16. The van der Waals surface area contributed by atoms with Gasteiger partial charge < -0.3 is 10.5 Å². The highest BCUT2D eigenvalue weighted by Gasteiger charge is 2.39. The zero-order valence-corrected chi connectivity index (χ0v) is 7.90. The van der Waals surface area contributed by atoms with Crippen molar-refractivity contribution in [3.05, 3.63) is 29.6 Å². The van der Waals surface area contributed by atoms with E-state index in [4.69, 9.17) is 10.5 Å². The molecule has 15 heavy (non-hydrogen) atoms. The van der Waals surface area contributed by atoms with Gasteiger partial charge in [-0.3, -0.25) is 0 Å². The lowest BCUT2D eigenvalue weighted by Crippen LogP contribution is -2.30. The van der Waals surface area contributed by atoms with Crippen LogP contribution in [-0.4, -0.2) is 12.1 Å². The van der Waals surface area contributed by atoms with Gasteiger partial charge >= 0.3 is 0 Å². The Bertz CT molecular complexity index is 390. The molecule has 1 aromatic carbocycles. The van der Waals surface area contributed by atoms with E-state index < -0.39 is 28.7 Å². The molecule has 0 aromatic heterocycles. The van der Waals surface area contributed by atoms with Crippen LogP contribution in [0.2, 0.25) is 0 Å². The Labute approximate surface area is 84.8 Å². The summed E-state index contributed by atoms with van der Waals surface area (Å²) in [5.74, 6) is -4.04. The molecule has 82 valence electrons. The lowest BCUT2D eigenvalue weighted by Gasteiger charge is -2.12. The van der Waals surface area contributed by atoms with Crippen LogP contribution in [0.3, 0.4) is 0 Å². The highest BCUT2D eigenvalue weighted by Crippen LogP contribution is 2.33. The van der Waals surface area contributed by atoms with E-state index in [-0.39, 0.29) is 6.61 Å². The molecular formula is C10H10F3NO. The third-order valence-corrected chi connectivity index (χ3v) is 2.40. The predicted octanol–water partition coefficient (Wildman–Crippen LogP) is 1.97. The maximum Gasteiger partial charge on any atom is 0.203 e. The standard InChI is InChI=1S/C10H10F3NO/c11-6-1-2-7(12)9(8(6)13)15-5-10(14)3-4-10/h1-2H,3-5,14H2. The molecule has 0 aliphatic heterocycles. The van der Waals surface area contributed by atoms with E-state index in [1.807, 2.05) is 0 Å². The molecule has 2 nitrogen and oxygen atoms in total. The number of benzene rings is 1. The highest BCUT2D eigenvalue weighted by molar-refractivity contribution is 5.27. The first-order valence-electron chi connectivity index (χ1n) is 4.57. The minimum atomic E-state index is -1.31. The topological polar surface area (TPSA) is 35.2 Å². The Morgan fingerprint density at radius 3 is 2.40 bits per heavy atom. The molecule has 0 saturated heterocycles. The molecule has 5 heteroatoms. The average molecular weight is 217 g/mol. The van der Waals surface area contributed by atoms with Crippen molar-refractivity contribution in [3.63, 3.8) is 0 Å². The van der Waals surface area contributed by atoms with Gasteiger partial charge in [0, 0.05) is 0 Å². The van der Waals surface area contributed by atoms with Gasteiger partial charge in [0.1, 0.15) is 6.61 Å². The van der Waals surface area contributed by atoms with Gasteiger partial charge in [-0.25, -0.2) is 8.78 Å². The zero-order chi connectivity index (χ0) is 11.1. The van der Waals surface area contributed by atoms with Gasteiger partial charge in [0.25, 0.3) is 0 Å². The number of ether oxygens (including phenoxy) is 1. The number of hydrogen-bond acceptors (Lipinski definition) is 2. The van der Waals surface area contributed by atoms with Gasteiger partial charge in [0.15, 0.2) is 17.4 Å². The summed E-state index contributed by atoms with van der Waals surface area (Å²) in [5, 5.41) is 0. The normalized spacial score (nSPS) is 17.6. The van der Waals surface area contributed by atoms with Crippen molar-refractivity contribution < 1.29 is 17.9 Å². The molecule has 0 bridgehead atoms. The Morgan fingerprint density at radius 1 is 1.20 bits per heavy atom. The molecule has 1 aromatic rings. The van der Waals surface area contributed by atoms with Crippen molar-refractivity contribution in [2.45, 2.75) is 18.4 Å². The van der Waals surface area contributed by atoms with Crippen molar-refractivity contribution >= 4 is 0 Å². The summed E-state index contributed by atoms with van der Waals surface area (Å²) in [6.45, 7) is 0.00426. The fraction of sp³-hybridized carbons (Fsp3) is 0.400. The second-order valence-corrected chi connectivity index (χ2v) is 3.82. The molecule has 0 spiro atoms. The van der Waals surface area contributed by atoms with Crippen molar-refractivity contribution in [3.8, 4) is 5.75 Å². The van der Waals surface area contributed by atoms with Crippen LogP contribution < -0.4 is 10.5 Å². The van der Waals surface area contributed by atoms with Gasteiger partial charge in [0.2, 0.25) is 5.82 Å². The summed E-state index contributed by atoms with van der Waals surface area (Å²) in [6, 6.07) is 1.54. The first-order valence-corrected chi connectivity index (χ1v) is 4.57. The number of hydrogen-bond donors (Lipinski definition) is 1. The number of nitrogens with two attached hydrogens (primary N) is 1. The Balaban J connectivity index is 2.16. The lowest BCUT2D eigenvalue weighted by molar-refractivity contribution is 0.250. The molecule has 1 saturated carbocycles. The van der Waals surface area contributed by atoms with Gasteiger partial charge in [-0.05, 0) is 25.0 Å². The van der Waals surface area contributed by atoms with Crippen molar-refractivity contribution in [2.24, 2.45) is 5.73 Å². The summed E-state index contributed by atoms with van der Waals surface area (Å²) < 4.78 is 43.7. The largest absolute Gasteiger partial charge is 0.486 e. The van der Waals surface area contributed by atoms with E-state index in [9.17, 15) is 13.2 Å². The predicted molar refractivity (Wildman–Crippen MR) is 48.0 cm³/mol. The van der Waals surface area contributed by atoms with Gasteiger partial charge in [-0.15, -0.1) is 0 Å². The van der Waals surface area contributed by atoms with Crippen molar-refractivity contribution in [1.82, 2.24) is 0 Å². The van der Waals surface area contributed by atoms with Gasteiger partial charge in [0.05, 0.1) is 5.54 Å². The van der Waals surface area contributed by atoms with Crippen LogP contribution >= 0.6 is 0 Å². The Hall–Kier alpha value is -1.23. The van der Waals surface area contributed by atoms with E-state index >= 15 is 0 Å². The van der Waals surface area contributed by atoms with E-state index in [0.717, 1.165) is 18.9 Å². The summed E-state index contributed by atoms with van der Waals surface area (Å²) >= 11 is 0. The van der Waals surface area contributed by atoms with Crippen LogP contribution in [0.15, 0.2) is 12.1 Å². The quantitative estimate of drug-likeness (QED) is 0.785. The lowest BCUT2D eigenvalue weighted by atomic mass is 10.3. The van der Waals surface area contributed by atoms with Crippen LogP contribution in [0.4, 0.5) is 13.2 Å². The minimum Gasteiger partial charge on any atom is -0.486 e. The summed E-state index contributed by atoms with van der Waals surface area (Å²) in [4.78, 5) is 0. The van der Waals surface area contributed by atoms with Crippen molar-refractivity contribution in [2.75, 3.05) is 6.61 Å². The molecule has 0 unspecified atom stereocenters. The van der Waals surface area contributed by atoms with Gasteiger partial charge in [-0.2, -0.15) is 4.39 Å². The van der Waals surface area contributed by atoms with E-state index in [1.54, 1.807) is 0 Å². The SMILES string of the molecule is NC1(COc2c(F)ccc(F)c2F)CC1. The Morgan fingerprint density at radius 2 is 1.80 bits per heavy atom. The minimum absolute atomic E-state index is 0.00426. The third-order valence-electron chi connectivity index (χ3n) is 2.40. The highest BCUT2D eigenvalue weighted by atomic mass is 19.2. The molecule has 0 atom stereocenters. The molecule has 1 aliphatic carbocycles. The zero-order valence-electron chi connectivity index (χ0n) is 7.90. The Kier molecular flexibility index (Phi) is 2.34. The van der Waals surface area contributed by atoms with Crippen LogP contribution in [0.1, 0.15) is 12.8 Å². The molecular weight excluding hydrogens is 207 g/mol. The van der Waals surface area contributed by atoms with Crippen LogP contribution in [-0.2, 0) is 0 Å². The summed E-state index contributed by atoms with van der Waals surface area (Å²) in [6.07, 6.45) is 1.51. The van der Waals surface area contributed by atoms with Crippen molar-refractivity contribution in [1.29, 1.82) is 0 Å². The molecule has 1 fully saturated rings. The van der Waals surface area contributed by atoms with E-state index in [0.29, 0.717) is 6.07 Å². The van der Waals surface area contributed by atoms with E-state index in [2.05, 4.69) is 0 Å². The first kappa shape index (κ1) is 10.3. The maximum atomic E-state index is 13.1. The first-order chi connectivity index (χ1) is 7.02. The second-order valence-electron chi connectivity index (χ2n) is 3.82. The number of halogens is 3. The van der Waals surface area contributed by atoms with Crippen LogP contribution in [0.25, 0.3) is 0 Å². The summed E-state index contributed by atoms with van der Waals surface area (Å²) in [7, 11) is 0. The number of rotatable bonds is 3. The second kappa shape index (κ2) is 3.41. The fourth-order valence-corrected chi connectivity index (χ4v) is 1.16. The summed E-state index contributed by atoms with van der Waals surface area (Å²) in [5.41, 5.74) is 5.17. The smallest absolute Gasteiger partial charge is 0.203 e. The average Bonchev–Trinajstić information content (AvgIpc) is 2.91. The van der Waals surface area contributed by atoms with Crippen LogP contribution in [0, 0.1) is 17.5 Å². The molecule has 0 amide bonds. The monoisotopic (exact) mass is 217 g/mol. The molecule has 1 aliphatic rings. The van der Waals surface area contributed by atoms with E-state index in [1.165, 1.54) is 0 Å². The molecule has 0 radical (unpaired) electrons. The third kappa shape index (κ3) is 2.07. The van der Waals surface area contributed by atoms with Gasteiger partial charge in [-0.1, -0.05) is 0 Å². The molecule has 2 N–H and O–H groups in total.